The van der Waals surface area contributed by atoms with E-state index in [9.17, 15) is 13.2 Å². The number of carbonyl (C=O) groups is 1. The second kappa shape index (κ2) is 6.93. The Morgan fingerprint density at radius 2 is 1.78 bits per heavy atom. The molecule has 0 radical (unpaired) electrons. The molecule has 0 aliphatic heterocycles. The summed E-state index contributed by atoms with van der Waals surface area (Å²) in [7, 11) is -0.636. The van der Waals surface area contributed by atoms with Crippen LogP contribution in [0.25, 0.3) is 0 Å². The second-order valence-electron chi connectivity index (χ2n) is 5.49. The SMILES string of the molecule is Cc1cccc(CNC(=O)c2cccc(S(=O)(=O)N(C)C)c2)c1. The van der Waals surface area contributed by atoms with E-state index in [-0.39, 0.29) is 10.8 Å². The summed E-state index contributed by atoms with van der Waals surface area (Å²) in [6.07, 6.45) is 0. The molecule has 23 heavy (non-hydrogen) atoms. The number of nitrogens with one attached hydrogen (secondary N) is 1. The number of hydrogen-bond donors (Lipinski definition) is 1. The van der Waals surface area contributed by atoms with Crippen LogP contribution in [0.15, 0.2) is 53.4 Å². The lowest BCUT2D eigenvalue weighted by molar-refractivity contribution is 0.0950. The topological polar surface area (TPSA) is 66.5 Å². The fourth-order valence-electron chi connectivity index (χ4n) is 2.12. The lowest BCUT2D eigenvalue weighted by Gasteiger charge is -2.12. The molecule has 1 amide bonds. The van der Waals surface area contributed by atoms with Crippen LogP contribution in [-0.2, 0) is 16.6 Å². The number of benzene rings is 2. The van der Waals surface area contributed by atoms with E-state index in [1.807, 2.05) is 31.2 Å². The monoisotopic (exact) mass is 332 g/mol. The van der Waals surface area contributed by atoms with Gasteiger partial charge in [0.25, 0.3) is 5.91 Å². The molecule has 0 aliphatic rings. The van der Waals surface area contributed by atoms with Crippen LogP contribution in [0.3, 0.4) is 0 Å². The van der Waals surface area contributed by atoms with Gasteiger partial charge in [-0.3, -0.25) is 4.79 Å². The standard InChI is InChI=1S/C17H20N2O3S/c1-13-6-4-7-14(10-13)12-18-17(20)15-8-5-9-16(11-15)23(21,22)19(2)3/h4-11H,12H2,1-3H3,(H,18,20). The van der Waals surface area contributed by atoms with Gasteiger partial charge in [0.05, 0.1) is 4.90 Å². The number of nitrogens with zero attached hydrogens (tertiary/aromatic N) is 1. The molecular weight excluding hydrogens is 312 g/mol. The number of sulfonamides is 1. The zero-order valence-corrected chi connectivity index (χ0v) is 14.2. The number of hydrogen-bond acceptors (Lipinski definition) is 3. The zero-order chi connectivity index (χ0) is 17.0. The smallest absolute Gasteiger partial charge is 0.251 e. The Balaban J connectivity index is 2.14. The first-order valence-corrected chi connectivity index (χ1v) is 8.61. The summed E-state index contributed by atoms with van der Waals surface area (Å²) in [5.74, 6) is -0.303. The third kappa shape index (κ3) is 4.18. The summed E-state index contributed by atoms with van der Waals surface area (Å²) in [5.41, 5.74) is 2.44. The Kier molecular flexibility index (Phi) is 5.18. The highest BCUT2D eigenvalue weighted by molar-refractivity contribution is 7.89. The van der Waals surface area contributed by atoms with E-state index in [0.29, 0.717) is 12.1 Å². The molecule has 0 saturated heterocycles. The van der Waals surface area contributed by atoms with E-state index in [2.05, 4.69) is 5.32 Å². The number of carbonyl (C=O) groups excluding carboxylic acids is 1. The quantitative estimate of drug-likeness (QED) is 0.912. The lowest BCUT2D eigenvalue weighted by Crippen LogP contribution is -2.25. The number of amides is 1. The maximum atomic E-state index is 12.2. The van der Waals surface area contributed by atoms with Crippen LogP contribution in [-0.4, -0.2) is 32.7 Å². The maximum absolute atomic E-state index is 12.2. The Hall–Kier alpha value is -2.18. The van der Waals surface area contributed by atoms with Gasteiger partial charge >= 0.3 is 0 Å². The summed E-state index contributed by atoms with van der Waals surface area (Å²) in [4.78, 5) is 12.3. The van der Waals surface area contributed by atoms with Crippen LogP contribution < -0.4 is 5.32 Å². The van der Waals surface area contributed by atoms with Crippen molar-refractivity contribution in [1.82, 2.24) is 9.62 Å². The third-order valence-electron chi connectivity index (χ3n) is 3.41. The van der Waals surface area contributed by atoms with Crippen molar-refractivity contribution in [2.45, 2.75) is 18.4 Å². The molecule has 122 valence electrons. The van der Waals surface area contributed by atoms with Crippen molar-refractivity contribution in [3.05, 3.63) is 65.2 Å². The van der Waals surface area contributed by atoms with E-state index in [0.717, 1.165) is 15.4 Å². The lowest BCUT2D eigenvalue weighted by atomic mass is 10.1. The van der Waals surface area contributed by atoms with Crippen molar-refractivity contribution in [2.75, 3.05) is 14.1 Å². The molecule has 1 N–H and O–H groups in total. The van der Waals surface area contributed by atoms with Crippen molar-refractivity contribution in [1.29, 1.82) is 0 Å². The molecule has 0 atom stereocenters. The molecular formula is C17H20N2O3S. The van der Waals surface area contributed by atoms with Crippen molar-refractivity contribution < 1.29 is 13.2 Å². The first kappa shape index (κ1) is 17.2. The first-order chi connectivity index (χ1) is 10.8. The fraction of sp³-hybridized carbons (Fsp3) is 0.235. The van der Waals surface area contributed by atoms with Crippen molar-refractivity contribution in [3.8, 4) is 0 Å². The predicted octanol–water partition coefficient (Wildman–Crippen LogP) is 2.18. The van der Waals surface area contributed by atoms with Gasteiger partial charge in [-0.05, 0) is 30.7 Å². The van der Waals surface area contributed by atoms with Crippen LogP contribution in [0.5, 0.6) is 0 Å². The molecule has 2 rings (SSSR count). The number of rotatable bonds is 5. The minimum atomic E-state index is -3.55. The van der Waals surface area contributed by atoms with E-state index >= 15 is 0 Å². The van der Waals surface area contributed by atoms with Crippen LogP contribution in [0.1, 0.15) is 21.5 Å². The first-order valence-electron chi connectivity index (χ1n) is 7.17. The van der Waals surface area contributed by atoms with Gasteiger partial charge in [0.1, 0.15) is 0 Å². The van der Waals surface area contributed by atoms with Crippen LogP contribution >= 0.6 is 0 Å². The Labute approximate surface area is 137 Å². The molecule has 2 aromatic carbocycles. The summed E-state index contributed by atoms with van der Waals surface area (Å²) >= 11 is 0. The van der Waals surface area contributed by atoms with E-state index in [1.54, 1.807) is 12.1 Å². The van der Waals surface area contributed by atoms with Crippen LogP contribution in [0.2, 0.25) is 0 Å². The van der Waals surface area contributed by atoms with Crippen molar-refractivity contribution in [3.63, 3.8) is 0 Å². The second-order valence-corrected chi connectivity index (χ2v) is 7.64. The summed E-state index contributed by atoms with van der Waals surface area (Å²) < 4.78 is 25.4. The molecule has 0 unspecified atom stereocenters. The van der Waals surface area contributed by atoms with Crippen LogP contribution in [0.4, 0.5) is 0 Å². The fourth-order valence-corrected chi connectivity index (χ4v) is 3.06. The van der Waals surface area contributed by atoms with Gasteiger partial charge in [-0.2, -0.15) is 0 Å². The highest BCUT2D eigenvalue weighted by Crippen LogP contribution is 2.15. The largest absolute Gasteiger partial charge is 0.348 e. The molecule has 0 aliphatic carbocycles. The van der Waals surface area contributed by atoms with Gasteiger partial charge in [-0.1, -0.05) is 35.9 Å². The Bertz CT molecular complexity index is 814. The maximum Gasteiger partial charge on any atom is 0.251 e. The summed E-state index contributed by atoms with van der Waals surface area (Å²) in [6, 6.07) is 13.9. The Morgan fingerprint density at radius 1 is 1.09 bits per heavy atom. The van der Waals surface area contributed by atoms with Crippen molar-refractivity contribution in [2.24, 2.45) is 0 Å². The molecule has 0 spiro atoms. The average Bonchev–Trinajstić information content (AvgIpc) is 2.52. The molecule has 0 saturated carbocycles. The van der Waals surface area contributed by atoms with E-state index in [1.165, 1.54) is 26.2 Å². The molecule has 0 heterocycles. The van der Waals surface area contributed by atoms with Crippen LogP contribution in [0, 0.1) is 6.92 Å². The number of aryl methyl sites for hydroxylation is 1. The van der Waals surface area contributed by atoms with Crippen molar-refractivity contribution >= 4 is 15.9 Å². The minimum Gasteiger partial charge on any atom is -0.348 e. The molecule has 0 bridgehead atoms. The molecule has 5 nitrogen and oxygen atoms in total. The zero-order valence-electron chi connectivity index (χ0n) is 13.4. The van der Waals surface area contributed by atoms with Gasteiger partial charge in [-0.15, -0.1) is 0 Å². The van der Waals surface area contributed by atoms with Gasteiger partial charge in [0, 0.05) is 26.2 Å². The molecule has 0 fully saturated rings. The predicted molar refractivity (Wildman–Crippen MR) is 89.7 cm³/mol. The summed E-state index contributed by atoms with van der Waals surface area (Å²) in [5, 5.41) is 2.80. The minimum absolute atomic E-state index is 0.103. The molecule has 2 aromatic rings. The van der Waals surface area contributed by atoms with E-state index < -0.39 is 10.0 Å². The highest BCUT2D eigenvalue weighted by atomic mass is 32.2. The average molecular weight is 332 g/mol. The molecule has 6 heteroatoms. The van der Waals surface area contributed by atoms with Gasteiger partial charge in [-0.25, -0.2) is 12.7 Å². The van der Waals surface area contributed by atoms with Gasteiger partial charge < -0.3 is 5.32 Å². The van der Waals surface area contributed by atoms with Gasteiger partial charge in [0.15, 0.2) is 0 Å². The normalized spacial score (nSPS) is 11.5. The summed E-state index contributed by atoms with van der Waals surface area (Å²) in [6.45, 7) is 2.38. The molecule has 0 aromatic heterocycles. The third-order valence-corrected chi connectivity index (χ3v) is 5.22. The highest BCUT2D eigenvalue weighted by Gasteiger charge is 2.18. The van der Waals surface area contributed by atoms with Gasteiger partial charge in [0.2, 0.25) is 10.0 Å². The Morgan fingerprint density at radius 3 is 2.43 bits per heavy atom. The van der Waals surface area contributed by atoms with E-state index in [4.69, 9.17) is 0 Å².